The predicted molar refractivity (Wildman–Crippen MR) is 61.5 cm³/mol. The number of carboxylic acids is 1. The van der Waals surface area contributed by atoms with Crippen molar-refractivity contribution in [1.29, 1.82) is 0 Å². The number of aryl methyl sites for hydroxylation is 1. The largest absolute Gasteiger partial charge is 0.478 e. The quantitative estimate of drug-likeness (QED) is 0.807. The number of ether oxygens (including phenoxy) is 1. The Labute approximate surface area is 98.6 Å². The highest BCUT2D eigenvalue weighted by atomic mass is 16.5. The number of methoxy groups -OCH3 is 1. The highest BCUT2D eigenvalue weighted by Gasteiger charge is 2.24. The number of carbonyl (C=O) groups excluding carboxylic acids is 1. The molecule has 1 aliphatic rings. The van der Waals surface area contributed by atoms with E-state index in [0.29, 0.717) is 12.2 Å². The molecule has 0 bridgehead atoms. The molecule has 0 aliphatic carbocycles. The summed E-state index contributed by atoms with van der Waals surface area (Å²) in [7, 11) is 1.32. The fraction of sp³-hybridized carbons (Fsp3) is 0.333. The number of aromatic carboxylic acids is 1. The second-order valence-electron chi connectivity index (χ2n) is 3.87. The van der Waals surface area contributed by atoms with Gasteiger partial charge < -0.3 is 9.84 Å². The van der Waals surface area contributed by atoms with E-state index in [1.165, 1.54) is 18.1 Å². The number of amides is 1. The Bertz CT molecular complexity index is 470. The van der Waals surface area contributed by atoms with Gasteiger partial charge in [-0.3, -0.25) is 4.90 Å². The number of hydrogen-bond donors (Lipinski definition) is 1. The first-order chi connectivity index (χ1) is 8.13. The van der Waals surface area contributed by atoms with Crippen LogP contribution in [0.15, 0.2) is 18.2 Å². The Morgan fingerprint density at radius 2 is 2.18 bits per heavy atom. The summed E-state index contributed by atoms with van der Waals surface area (Å²) in [5.74, 6) is -0.997. The van der Waals surface area contributed by atoms with Crippen LogP contribution in [0.1, 0.15) is 22.3 Å². The van der Waals surface area contributed by atoms with Crippen molar-refractivity contribution in [1.82, 2.24) is 0 Å². The maximum atomic E-state index is 11.6. The number of carboxylic acid groups (broad SMARTS) is 1. The Kier molecular flexibility index (Phi) is 2.99. The number of anilines is 1. The minimum atomic E-state index is -0.997. The standard InChI is InChI=1S/C12H13NO4/c1-17-12(16)13-6-2-3-8-4-5-9(11(14)15)7-10(8)13/h4-5,7H,2-3,6H2,1H3,(H,14,15). The summed E-state index contributed by atoms with van der Waals surface area (Å²) in [4.78, 5) is 23.9. The predicted octanol–water partition coefficient (Wildman–Crippen LogP) is 1.90. The third-order valence-corrected chi connectivity index (χ3v) is 2.85. The number of benzene rings is 1. The van der Waals surface area contributed by atoms with Crippen LogP contribution in [0.5, 0.6) is 0 Å². The number of hydrogen-bond acceptors (Lipinski definition) is 3. The second-order valence-corrected chi connectivity index (χ2v) is 3.87. The lowest BCUT2D eigenvalue weighted by Gasteiger charge is -2.28. The molecule has 1 amide bonds. The zero-order chi connectivity index (χ0) is 12.4. The first kappa shape index (κ1) is 11.4. The van der Waals surface area contributed by atoms with Crippen molar-refractivity contribution in [2.24, 2.45) is 0 Å². The molecule has 5 nitrogen and oxygen atoms in total. The van der Waals surface area contributed by atoms with Crippen LogP contribution in [-0.2, 0) is 11.2 Å². The zero-order valence-corrected chi connectivity index (χ0v) is 9.47. The topological polar surface area (TPSA) is 66.8 Å². The lowest BCUT2D eigenvalue weighted by atomic mass is 10.00. The Morgan fingerprint density at radius 1 is 1.41 bits per heavy atom. The SMILES string of the molecule is COC(=O)N1CCCc2ccc(C(=O)O)cc21. The van der Waals surface area contributed by atoms with Gasteiger partial charge in [0.05, 0.1) is 18.4 Å². The van der Waals surface area contributed by atoms with E-state index in [-0.39, 0.29) is 5.56 Å². The van der Waals surface area contributed by atoms with E-state index in [1.54, 1.807) is 12.1 Å². The van der Waals surface area contributed by atoms with E-state index < -0.39 is 12.1 Å². The summed E-state index contributed by atoms with van der Waals surface area (Å²) < 4.78 is 4.69. The molecule has 2 rings (SSSR count). The van der Waals surface area contributed by atoms with E-state index in [9.17, 15) is 9.59 Å². The number of fused-ring (bicyclic) bond motifs is 1. The van der Waals surface area contributed by atoms with Crippen molar-refractivity contribution < 1.29 is 19.4 Å². The minimum absolute atomic E-state index is 0.180. The number of nitrogens with zero attached hydrogens (tertiary/aromatic N) is 1. The first-order valence-electron chi connectivity index (χ1n) is 5.35. The highest BCUT2D eigenvalue weighted by molar-refractivity contribution is 5.93. The van der Waals surface area contributed by atoms with E-state index in [1.807, 2.05) is 0 Å². The number of rotatable bonds is 1. The Hall–Kier alpha value is -2.04. The third-order valence-electron chi connectivity index (χ3n) is 2.85. The minimum Gasteiger partial charge on any atom is -0.478 e. The van der Waals surface area contributed by atoms with Crippen LogP contribution in [0.25, 0.3) is 0 Å². The van der Waals surface area contributed by atoms with Crippen molar-refractivity contribution in [3.05, 3.63) is 29.3 Å². The summed E-state index contributed by atoms with van der Waals surface area (Å²) in [6.45, 7) is 0.558. The van der Waals surface area contributed by atoms with Gasteiger partial charge in [-0.25, -0.2) is 9.59 Å². The van der Waals surface area contributed by atoms with Crippen LogP contribution in [0.3, 0.4) is 0 Å². The molecule has 1 aromatic carbocycles. The van der Waals surface area contributed by atoms with Gasteiger partial charge >= 0.3 is 12.1 Å². The summed E-state index contributed by atoms with van der Waals surface area (Å²) in [5, 5.41) is 8.93. The van der Waals surface area contributed by atoms with E-state index in [0.717, 1.165) is 18.4 Å². The van der Waals surface area contributed by atoms with Crippen LogP contribution >= 0.6 is 0 Å². The summed E-state index contributed by atoms with van der Waals surface area (Å²) in [6.07, 6.45) is 1.26. The van der Waals surface area contributed by atoms with Crippen molar-refractivity contribution in [3.8, 4) is 0 Å². The summed E-state index contributed by atoms with van der Waals surface area (Å²) in [5.41, 5.74) is 1.80. The zero-order valence-electron chi connectivity index (χ0n) is 9.47. The van der Waals surface area contributed by atoms with Gasteiger partial charge in [-0.1, -0.05) is 6.07 Å². The highest BCUT2D eigenvalue weighted by Crippen LogP contribution is 2.28. The molecule has 17 heavy (non-hydrogen) atoms. The van der Waals surface area contributed by atoms with E-state index in [4.69, 9.17) is 5.11 Å². The van der Waals surface area contributed by atoms with Gasteiger partial charge in [-0.2, -0.15) is 0 Å². The maximum absolute atomic E-state index is 11.6. The molecule has 0 unspecified atom stereocenters. The van der Waals surface area contributed by atoms with E-state index in [2.05, 4.69) is 4.74 Å². The van der Waals surface area contributed by atoms with Crippen LogP contribution < -0.4 is 4.90 Å². The third kappa shape index (κ3) is 2.08. The van der Waals surface area contributed by atoms with Gasteiger partial charge in [-0.15, -0.1) is 0 Å². The van der Waals surface area contributed by atoms with E-state index >= 15 is 0 Å². The monoisotopic (exact) mass is 235 g/mol. The fourth-order valence-corrected chi connectivity index (χ4v) is 2.01. The molecule has 0 fully saturated rings. The summed E-state index contributed by atoms with van der Waals surface area (Å²) in [6, 6.07) is 4.84. The van der Waals surface area contributed by atoms with Crippen molar-refractivity contribution in [2.75, 3.05) is 18.6 Å². The Morgan fingerprint density at radius 3 is 2.82 bits per heavy atom. The fourth-order valence-electron chi connectivity index (χ4n) is 2.01. The van der Waals surface area contributed by atoms with Gasteiger partial charge in [0.15, 0.2) is 0 Å². The van der Waals surface area contributed by atoms with Gasteiger partial charge in [0.2, 0.25) is 0 Å². The lowest BCUT2D eigenvalue weighted by molar-refractivity contribution is 0.0696. The molecule has 1 aliphatic heterocycles. The molecule has 0 saturated carbocycles. The molecule has 5 heteroatoms. The van der Waals surface area contributed by atoms with Crippen LogP contribution in [0.4, 0.5) is 10.5 Å². The van der Waals surface area contributed by atoms with Crippen molar-refractivity contribution in [3.63, 3.8) is 0 Å². The molecular formula is C12H13NO4. The number of carbonyl (C=O) groups is 2. The average molecular weight is 235 g/mol. The molecular weight excluding hydrogens is 222 g/mol. The smallest absolute Gasteiger partial charge is 0.414 e. The first-order valence-corrected chi connectivity index (χ1v) is 5.35. The van der Waals surface area contributed by atoms with Crippen LogP contribution in [-0.4, -0.2) is 30.8 Å². The van der Waals surface area contributed by atoms with Gasteiger partial charge in [0.25, 0.3) is 0 Å². The van der Waals surface area contributed by atoms with Gasteiger partial charge in [0.1, 0.15) is 0 Å². The Balaban J connectivity index is 2.44. The molecule has 90 valence electrons. The molecule has 1 aromatic rings. The molecule has 0 aromatic heterocycles. The van der Waals surface area contributed by atoms with Gasteiger partial charge in [-0.05, 0) is 30.5 Å². The molecule has 1 heterocycles. The molecule has 0 saturated heterocycles. The van der Waals surface area contributed by atoms with Crippen molar-refractivity contribution >= 4 is 17.7 Å². The van der Waals surface area contributed by atoms with Crippen molar-refractivity contribution in [2.45, 2.75) is 12.8 Å². The average Bonchev–Trinajstić information content (AvgIpc) is 2.36. The molecule has 0 spiro atoms. The lowest BCUT2D eigenvalue weighted by Crippen LogP contribution is -2.35. The van der Waals surface area contributed by atoms with Gasteiger partial charge in [0, 0.05) is 6.54 Å². The molecule has 1 N–H and O–H groups in total. The summed E-state index contributed by atoms with van der Waals surface area (Å²) >= 11 is 0. The van der Waals surface area contributed by atoms with Crippen LogP contribution in [0.2, 0.25) is 0 Å². The molecule has 0 atom stereocenters. The maximum Gasteiger partial charge on any atom is 0.414 e. The second kappa shape index (κ2) is 4.45. The normalized spacial score (nSPS) is 14.1. The molecule has 0 radical (unpaired) electrons. The van der Waals surface area contributed by atoms with Crippen LogP contribution in [0, 0.1) is 0 Å².